The normalized spacial score (nSPS) is 11.0. The number of nitrogens with one attached hydrogen (secondary N) is 1. The minimum Gasteiger partial charge on any atom is -0.508 e. The lowest BCUT2D eigenvalue weighted by Crippen LogP contribution is -2.08. The van der Waals surface area contributed by atoms with Gasteiger partial charge in [-0.05, 0) is 30.5 Å². The number of methoxy groups -OCH3 is 2. The van der Waals surface area contributed by atoms with Crippen LogP contribution in [0.2, 0.25) is 0 Å². The van der Waals surface area contributed by atoms with Crippen molar-refractivity contribution in [2.24, 2.45) is 0 Å². The molecule has 0 fully saturated rings. The third-order valence-corrected chi connectivity index (χ3v) is 6.48. The molecule has 0 bridgehead atoms. The number of phenolic OH excluding ortho intramolecular Hbond substituents is 1. The topological polar surface area (TPSA) is 102 Å². The molecule has 37 heavy (non-hydrogen) atoms. The predicted molar refractivity (Wildman–Crippen MR) is 137 cm³/mol. The Morgan fingerprint density at radius 1 is 1.08 bits per heavy atom. The van der Waals surface area contributed by atoms with Crippen molar-refractivity contribution in [1.29, 1.82) is 0 Å². The number of benzene rings is 2. The van der Waals surface area contributed by atoms with Gasteiger partial charge in [-0.3, -0.25) is 0 Å². The average Bonchev–Trinajstić information content (AvgIpc) is 3.32. The first-order valence-electron chi connectivity index (χ1n) is 10.9. The number of aryl methyl sites for hydroxylation is 1. The molecule has 3 aromatic heterocycles. The monoisotopic (exact) mass is 519 g/mol. The van der Waals surface area contributed by atoms with E-state index in [2.05, 4.69) is 31.2 Å². The number of halogens is 2. The molecular weight excluding hydrogens is 500 g/mol. The van der Waals surface area contributed by atoms with Crippen LogP contribution in [-0.2, 0) is 6.54 Å². The molecule has 0 aliphatic carbocycles. The number of hydrogen-bond donors (Lipinski definition) is 2. The number of aromatic hydroxyl groups is 1. The Morgan fingerprint density at radius 3 is 2.57 bits per heavy atom. The Morgan fingerprint density at radius 2 is 1.89 bits per heavy atom. The summed E-state index contributed by atoms with van der Waals surface area (Å²) in [4.78, 5) is 17.3. The van der Waals surface area contributed by atoms with E-state index < -0.39 is 11.6 Å². The van der Waals surface area contributed by atoms with E-state index in [0.29, 0.717) is 11.9 Å². The first-order valence-corrected chi connectivity index (χ1v) is 11.8. The molecule has 0 radical (unpaired) electrons. The van der Waals surface area contributed by atoms with E-state index in [1.165, 1.54) is 49.8 Å². The number of fused-ring (bicyclic) bond motifs is 2. The number of hydrogen-bond acceptors (Lipinski definition) is 9. The SMILES string of the molecule is C#Cc1c(F)ccc2cc(O)cc(-c3nc(OC)c4c(NCc5csc(C)n5)nc(OC)nc4c3F)c12. The molecule has 0 atom stereocenters. The van der Waals surface area contributed by atoms with Crippen molar-refractivity contribution < 1.29 is 23.4 Å². The van der Waals surface area contributed by atoms with Gasteiger partial charge in [0.05, 0.1) is 37.0 Å². The molecule has 3 heterocycles. The van der Waals surface area contributed by atoms with Crippen molar-refractivity contribution in [3.05, 3.63) is 57.5 Å². The van der Waals surface area contributed by atoms with Crippen LogP contribution in [0, 0.1) is 30.9 Å². The summed E-state index contributed by atoms with van der Waals surface area (Å²) in [6, 6.07) is 5.20. The molecule has 0 saturated heterocycles. The third kappa shape index (κ3) is 4.21. The molecule has 0 aliphatic heterocycles. The number of pyridine rings is 1. The number of aromatic nitrogens is 4. The first kappa shape index (κ1) is 24.1. The summed E-state index contributed by atoms with van der Waals surface area (Å²) in [5.74, 6) is 0.833. The van der Waals surface area contributed by atoms with Gasteiger partial charge in [0, 0.05) is 16.3 Å². The maximum Gasteiger partial charge on any atom is 0.318 e. The van der Waals surface area contributed by atoms with E-state index in [0.717, 1.165) is 10.7 Å². The van der Waals surface area contributed by atoms with Crippen LogP contribution in [0.1, 0.15) is 16.3 Å². The third-order valence-electron chi connectivity index (χ3n) is 5.66. The van der Waals surface area contributed by atoms with Gasteiger partial charge in [0.25, 0.3) is 0 Å². The number of anilines is 1. The molecule has 0 saturated carbocycles. The van der Waals surface area contributed by atoms with Gasteiger partial charge < -0.3 is 19.9 Å². The lowest BCUT2D eigenvalue weighted by atomic mass is 9.95. The molecule has 0 unspecified atom stereocenters. The van der Waals surface area contributed by atoms with Gasteiger partial charge >= 0.3 is 6.01 Å². The van der Waals surface area contributed by atoms with Crippen molar-refractivity contribution >= 4 is 38.8 Å². The largest absolute Gasteiger partial charge is 0.508 e. The van der Waals surface area contributed by atoms with Crippen LogP contribution in [0.25, 0.3) is 32.9 Å². The van der Waals surface area contributed by atoms with Gasteiger partial charge in [0.2, 0.25) is 5.88 Å². The maximum absolute atomic E-state index is 16.2. The minimum atomic E-state index is -0.858. The lowest BCUT2D eigenvalue weighted by molar-refractivity contribution is 0.380. The molecule has 11 heteroatoms. The van der Waals surface area contributed by atoms with Gasteiger partial charge in [-0.1, -0.05) is 12.0 Å². The fourth-order valence-electron chi connectivity index (χ4n) is 4.08. The highest BCUT2D eigenvalue weighted by atomic mass is 32.1. The number of nitrogens with zero attached hydrogens (tertiary/aromatic N) is 4. The Bertz CT molecular complexity index is 1730. The summed E-state index contributed by atoms with van der Waals surface area (Å²) in [6.45, 7) is 2.19. The second-order valence-electron chi connectivity index (χ2n) is 7.94. The minimum absolute atomic E-state index is 0.00108. The fraction of sp³-hybridized carbons (Fsp3) is 0.154. The second-order valence-corrected chi connectivity index (χ2v) is 9.00. The molecule has 186 valence electrons. The van der Waals surface area contributed by atoms with E-state index in [1.54, 1.807) is 0 Å². The fourth-order valence-corrected chi connectivity index (χ4v) is 4.69. The van der Waals surface area contributed by atoms with Crippen LogP contribution in [0.5, 0.6) is 17.6 Å². The highest BCUT2D eigenvalue weighted by Crippen LogP contribution is 2.41. The van der Waals surface area contributed by atoms with Crippen molar-refractivity contribution in [2.45, 2.75) is 13.5 Å². The summed E-state index contributed by atoms with van der Waals surface area (Å²) in [7, 11) is 2.73. The van der Waals surface area contributed by atoms with Crippen molar-refractivity contribution in [1.82, 2.24) is 19.9 Å². The summed E-state index contributed by atoms with van der Waals surface area (Å²) in [5, 5.41) is 17.1. The van der Waals surface area contributed by atoms with Crippen molar-refractivity contribution in [3.63, 3.8) is 0 Å². The molecule has 8 nitrogen and oxygen atoms in total. The first-order chi connectivity index (χ1) is 17.8. The van der Waals surface area contributed by atoms with Gasteiger partial charge in [-0.25, -0.2) is 18.7 Å². The van der Waals surface area contributed by atoms with Crippen molar-refractivity contribution in [3.8, 4) is 41.2 Å². The van der Waals surface area contributed by atoms with Crippen LogP contribution in [0.3, 0.4) is 0 Å². The van der Waals surface area contributed by atoms with Crippen LogP contribution < -0.4 is 14.8 Å². The number of ether oxygens (including phenoxy) is 2. The van der Waals surface area contributed by atoms with Crippen LogP contribution in [0.15, 0.2) is 29.6 Å². The molecular formula is C26H19F2N5O3S. The highest BCUT2D eigenvalue weighted by Gasteiger charge is 2.25. The van der Waals surface area contributed by atoms with E-state index >= 15 is 4.39 Å². The van der Waals surface area contributed by atoms with Gasteiger partial charge in [-0.2, -0.15) is 9.97 Å². The Labute approximate surface area is 214 Å². The quantitative estimate of drug-likeness (QED) is 0.295. The average molecular weight is 520 g/mol. The van der Waals surface area contributed by atoms with Crippen molar-refractivity contribution in [2.75, 3.05) is 19.5 Å². The Kier molecular flexibility index (Phi) is 6.19. The predicted octanol–water partition coefficient (Wildman–Crippen LogP) is 5.20. The van der Waals surface area contributed by atoms with Gasteiger partial charge in [0.15, 0.2) is 5.82 Å². The summed E-state index contributed by atoms with van der Waals surface area (Å²) in [6.07, 6.45) is 5.59. The highest BCUT2D eigenvalue weighted by molar-refractivity contribution is 7.09. The van der Waals surface area contributed by atoms with Gasteiger partial charge in [0.1, 0.15) is 34.0 Å². The van der Waals surface area contributed by atoms with Crippen LogP contribution >= 0.6 is 11.3 Å². The lowest BCUT2D eigenvalue weighted by Gasteiger charge is -2.16. The van der Waals surface area contributed by atoms with E-state index in [-0.39, 0.29) is 56.6 Å². The molecule has 2 N–H and O–H groups in total. The Hall–Kier alpha value is -4.56. The number of thiazole rings is 1. The molecule has 5 aromatic rings. The Balaban J connectivity index is 1.79. The van der Waals surface area contributed by atoms with Gasteiger partial charge in [-0.15, -0.1) is 17.8 Å². The van der Waals surface area contributed by atoms with Crippen LogP contribution in [0.4, 0.5) is 14.6 Å². The zero-order valence-electron chi connectivity index (χ0n) is 19.9. The summed E-state index contributed by atoms with van der Waals surface area (Å²) < 4.78 is 41.5. The smallest absolute Gasteiger partial charge is 0.318 e. The second kappa shape index (κ2) is 9.48. The maximum atomic E-state index is 16.2. The molecule has 5 rings (SSSR count). The van der Waals surface area contributed by atoms with E-state index in [9.17, 15) is 9.50 Å². The number of terminal acetylenes is 1. The van der Waals surface area contributed by atoms with E-state index in [4.69, 9.17) is 15.9 Å². The zero-order chi connectivity index (χ0) is 26.3. The summed E-state index contributed by atoms with van der Waals surface area (Å²) in [5.41, 5.74) is 0.362. The molecule has 0 spiro atoms. The number of phenols is 1. The molecule has 0 aliphatic rings. The standard InChI is InChI=1S/C26H19F2N5O3S/c1-5-16-18(27)7-6-13-8-15(34)9-17(19(13)16)22-21(28)23-20(25(31-22)35-3)24(33-26(32-23)36-4)29-10-14-11-37-12(2)30-14/h1,6-9,11,34H,10H2,2-4H3,(H,29,32,33). The summed E-state index contributed by atoms with van der Waals surface area (Å²) >= 11 is 1.50. The van der Waals surface area contributed by atoms with E-state index in [1.807, 2.05) is 12.3 Å². The molecule has 2 aromatic carbocycles. The van der Waals surface area contributed by atoms with Crippen LogP contribution in [-0.4, -0.2) is 39.3 Å². The molecule has 0 amide bonds. The number of rotatable bonds is 6. The zero-order valence-corrected chi connectivity index (χ0v) is 20.7.